The second-order valence-corrected chi connectivity index (χ2v) is 28.9. The summed E-state index contributed by atoms with van der Waals surface area (Å²) < 4.78 is 26.6. The number of aliphatic carboxylic acids is 3. The number of aldehydes is 1. The van der Waals surface area contributed by atoms with Crippen LogP contribution in [0, 0.1) is 76.9 Å². The third-order valence-corrected chi connectivity index (χ3v) is 19.9. The maximum Gasteiger partial charge on any atom is 0.426 e. The zero-order valence-electron chi connectivity index (χ0n) is 52.4. The highest BCUT2D eigenvalue weighted by molar-refractivity contribution is 14.1. The minimum Gasteiger partial charge on any atom is -0.481 e. The van der Waals surface area contributed by atoms with Crippen molar-refractivity contribution in [3.63, 3.8) is 0 Å². The molecule has 26 heteroatoms. The molecule has 0 saturated heterocycles. The van der Waals surface area contributed by atoms with Gasteiger partial charge in [-0.25, -0.2) is 10.2 Å². The normalized spacial score (nSPS) is 23.6. The van der Waals surface area contributed by atoms with Crippen LogP contribution in [0.3, 0.4) is 0 Å². The summed E-state index contributed by atoms with van der Waals surface area (Å²) in [6, 6.07) is 0. The Kier molecular flexibility index (Phi) is 39.0. The Balaban J connectivity index is 1.90. The fourth-order valence-corrected chi connectivity index (χ4v) is 14.9. The molecule has 0 radical (unpaired) electrons. The molecule has 0 aromatic rings. The average molecular weight is 1470 g/mol. The molecule has 24 nitrogen and oxygen atoms in total. The Hall–Kier alpha value is -2.65. The molecule has 87 heavy (non-hydrogen) atoms. The number of carboxylic acid groups (broad SMARTS) is 3. The number of hydrogen-bond acceptors (Lipinski definition) is 18. The molecule has 0 aromatic heterocycles. The molecule has 3 saturated carbocycles. The van der Waals surface area contributed by atoms with Gasteiger partial charge < -0.3 is 70.8 Å². The van der Waals surface area contributed by atoms with Crippen LogP contribution in [0.5, 0.6) is 0 Å². The lowest BCUT2D eigenvalue weighted by Crippen LogP contribution is -2.46. The van der Waals surface area contributed by atoms with Crippen molar-refractivity contribution in [1.29, 1.82) is 0 Å². The number of nitrogens with one attached hydrogen (secondary N) is 5. The number of nitrogens with two attached hydrogens (primary N) is 2. The Labute approximate surface area is 543 Å². The lowest BCUT2D eigenvalue weighted by molar-refractivity contribution is -0.144. The largest absolute Gasteiger partial charge is 0.481 e. The van der Waals surface area contributed by atoms with Crippen molar-refractivity contribution in [1.82, 2.24) is 26.8 Å². The van der Waals surface area contributed by atoms with Crippen LogP contribution in [0.4, 0.5) is 4.79 Å². The lowest BCUT2D eigenvalue weighted by Gasteiger charge is -2.46. The topological polar surface area (TPSA) is 379 Å². The number of rotatable bonds is 44. The molecule has 3 rings (SSSR count). The Morgan fingerprint density at radius 3 is 1.51 bits per heavy atom. The number of ether oxygens (including phenoxy) is 5. The summed E-state index contributed by atoms with van der Waals surface area (Å²) in [7, 11) is 0. The van der Waals surface area contributed by atoms with Gasteiger partial charge >= 0.3 is 24.0 Å². The minimum atomic E-state index is -1.26. The van der Waals surface area contributed by atoms with Gasteiger partial charge in [-0.1, -0.05) is 59.0 Å². The molecule has 0 aliphatic heterocycles. The Morgan fingerprint density at radius 2 is 1.03 bits per heavy atom. The standard InChI is InChI=1S/C61H109I2N7O17/c1-38(57(76)77)28-46(44-12-8-40-7-11-43-31-45(13-9-41(43)6-10-42(40)30-44)47(35-51(62)37-71)29-39(2)58(78)79)32-50(59(80)81)34-48(54(73)66-17-14-53(72)69-70-60(82)87-61(3,4)5)33-49(55(74)67-18-22-85-26-24-83-20-15-64)36-52(63)56(75)68-19-23-86-27-25-84-21-16-65/h37-52,55-56,67-68,74-75H,6-36,64-65H2,1-5H3,(H,66,73)(H,69,72)(H,70,82)(H,76,77)(H,78,79)(H,80,81)/t38?,39-,40-,41?,42?,43+,44+,45+,46?,47?,48?,49?,50?,51?,52?,55?,56?/m0/s1. The molecule has 0 heterocycles. The van der Waals surface area contributed by atoms with E-state index in [1.165, 1.54) is 0 Å². The van der Waals surface area contributed by atoms with E-state index in [2.05, 4.69) is 72.0 Å². The van der Waals surface area contributed by atoms with E-state index in [9.17, 15) is 59.1 Å². The molecule has 3 fully saturated rings. The average Bonchev–Trinajstić information content (AvgIpc) is 2.05. The summed E-state index contributed by atoms with van der Waals surface area (Å²) >= 11 is 4.26. The Morgan fingerprint density at radius 1 is 0.563 bits per heavy atom. The van der Waals surface area contributed by atoms with Crippen LogP contribution in [-0.2, 0) is 52.5 Å². The van der Waals surface area contributed by atoms with Crippen molar-refractivity contribution in [2.75, 3.05) is 85.6 Å². The molecule has 0 spiro atoms. The Bertz CT molecular complexity index is 2020. The zero-order valence-corrected chi connectivity index (χ0v) is 56.7. The SMILES string of the molecule is CC(CC(CC(CC(CC(CC(I)C(O)NCCOCCOCCN)C(O)NCCOCCOCCN)C(=O)NCCC(=O)NNC(=O)OC(C)(C)C)C(=O)O)[C@@H]1CC[C@@H]2CC[C@@H]3C[C@H](C(CC(I)C=O)C[C@H](C)C(=O)O)CCC3CCC2C1)C(=O)O. The monoisotopic (exact) mass is 1470 g/mol. The quantitative estimate of drug-likeness (QED) is 0.00878. The van der Waals surface area contributed by atoms with E-state index in [1.807, 2.05) is 0 Å². The van der Waals surface area contributed by atoms with Crippen molar-refractivity contribution in [2.45, 2.75) is 176 Å². The molecule has 12 unspecified atom stereocenters. The van der Waals surface area contributed by atoms with Crippen molar-refractivity contribution in [3.05, 3.63) is 0 Å². The number of hydrazine groups is 1. The highest BCUT2D eigenvalue weighted by Gasteiger charge is 2.43. The van der Waals surface area contributed by atoms with Gasteiger partial charge in [-0.2, -0.15) is 0 Å². The predicted octanol–water partition coefficient (Wildman–Crippen LogP) is 5.63. The van der Waals surface area contributed by atoms with Crippen molar-refractivity contribution in [3.8, 4) is 0 Å². The highest BCUT2D eigenvalue weighted by atomic mass is 127. The molecule has 0 bridgehead atoms. The van der Waals surface area contributed by atoms with Gasteiger partial charge in [-0.05, 0) is 177 Å². The summed E-state index contributed by atoms with van der Waals surface area (Å²) in [4.78, 5) is 89.8. The van der Waals surface area contributed by atoms with Crippen LogP contribution in [0.15, 0.2) is 0 Å². The number of carboxylic acids is 3. The van der Waals surface area contributed by atoms with E-state index < -0.39 is 87.4 Å². The van der Waals surface area contributed by atoms with Crippen LogP contribution in [0.1, 0.15) is 150 Å². The number of hydrogen-bond donors (Lipinski definition) is 12. The van der Waals surface area contributed by atoms with Gasteiger partial charge in [0.1, 0.15) is 24.3 Å². The number of carbonyl (C=O) groups excluding carboxylic acids is 4. The predicted molar refractivity (Wildman–Crippen MR) is 344 cm³/mol. The van der Waals surface area contributed by atoms with Crippen LogP contribution < -0.4 is 38.3 Å². The van der Waals surface area contributed by atoms with Gasteiger partial charge in [0.2, 0.25) is 11.8 Å². The number of halogens is 2. The highest BCUT2D eigenvalue weighted by Crippen LogP contribution is 2.52. The third-order valence-electron chi connectivity index (χ3n) is 17.9. The number of alkyl halides is 2. The molecule has 3 aliphatic carbocycles. The van der Waals surface area contributed by atoms with Crippen molar-refractivity contribution >= 4 is 87.3 Å². The summed E-state index contributed by atoms with van der Waals surface area (Å²) in [6.45, 7) is 12.0. The maximum absolute atomic E-state index is 14.7. The van der Waals surface area contributed by atoms with Gasteiger partial charge in [0.15, 0.2) is 0 Å². The summed E-state index contributed by atoms with van der Waals surface area (Å²) in [5, 5.41) is 63.6. The number of carbonyl (C=O) groups is 7. The van der Waals surface area contributed by atoms with Gasteiger partial charge in [-0.3, -0.25) is 40.0 Å². The summed E-state index contributed by atoms with van der Waals surface area (Å²) in [6.07, 6.45) is 8.91. The van der Waals surface area contributed by atoms with E-state index >= 15 is 0 Å². The number of aliphatic hydroxyl groups excluding tert-OH is 2. The van der Waals surface area contributed by atoms with Gasteiger partial charge in [0.05, 0.1) is 78.5 Å². The van der Waals surface area contributed by atoms with E-state index in [-0.39, 0.29) is 99.7 Å². The first-order chi connectivity index (χ1) is 41.3. The molecule has 504 valence electrons. The van der Waals surface area contributed by atoms with E-state index in [1.54, 1.807) is 34.6 Å². The smallest absolute Gasteiger partial charge is 0.426 e. The third kappa shape index (κ3) is 32.0. The minimum absolute atomic E-state index is 0.0360. The fourth-order valence-electron chi connectivity index (χ4n) is 13.4. The molecule has 0 aromatic carbocycles. The van der Waals surface area contributed by atoms with E-state index in [0.717, 1.165) is 70.5 Å². The maximum atomic E-state index is 14.7. The van der Waals surface area contributed by atoms with Gasteiger partial charge in [0, 0.05) is 51.0 Å². The first-order valence-corrected chi connectivity index (χ1v) is 34.4. The molecular formula is C61H109I2N7O17. The number of fused-ring (bicyclic) bond motifs is 2. The second kappa shape index (κ2) is 43.2. The first kappa shape index (κ1) is 78.6. The lowest BCUT2D eigenvalue weighted by atomic mass is 9.59. The van der Waals surface area contributed by atoms with E-state index in [4.69, 9.17) is 35.2 Å². The first-order valence-electron chi connectivity index (χ1n) is 31.9. The van der Waals surface area contributed by atoms with Crippen LogP contribution in [0.25, 0.3) is 0 Å². The number of aliphatic hydroxyl groups is 2. The van der Waals surface area contributed by atoms with E-state index in [0.29, 0.717) is 88.6 Å². The van der Waals surface area contributed by atoms with Gasteiger partial charge in [0.25, 0.3) is 0 Å². The van der Waals surface area contributed by atoms with Crippen molar-refractivity contribution < 1.29 is 82.8 Å². The molecule has 3 amide bonds. The van der Waals surface area contributed by atoms with Crippen LogP contribution >= 0.6 is 45.2 Å². The molecule has 14 N–H and O–H groups in total. The second-order valence-electron chi connectivity index (χ2n) is 25.7. The molecule has 3 aliphatic rings. The molecular weight excluding hydrogens is 1360 g/mol. The summed E-state index contributed by atoms with van der Waals surface area (Å²) in [5.74, 6) is -6.14. The van der Waals surface area contributed by atoms with Gasteiger partial charge in [-0.15, -0.1) is 0 Å². The van der Waals surface area contributed by atoms with Crippen LogP contribution in [0.2, 0.25) is 0 Å². The number of amides is 3. The fraction of sp³-hybridized carbons (Fsp3) is 0.885. The zero-order chi connectivity index (χ0) is 64.5. The molecule has 17 atom stereocenters. The van der Waals surface area contributed by atoms with Crippen LogP contribution in [-0.4, -0.2) is 179 Å². The van der Waals surface area contributed by atoms with Crippen molar-refractivity contribution in [2.24, 2.45) is 88.4 Å². The summed E-state index contributed by atoms with van der Waals surface area (Å²) in [5.41, 5.74) is 14.6.